The van der Waals surface area contributed by atoms with E-state index in [1.165, 1.54) is 36.9 Å². The van der Waals surface area contributed by atoms with Crippen LogP contribution in [0.1, 0.15) is 38.2 Å². The first-order valence-corrected chi connectivity index (χ1v) is 8.65. The molecule has 0 radical (unpaired) electrons. The normalized spacial score (nSPS) is 21.2. The van der Waals surface area contributed by atoms with Crippen LogP contribution in [-0.2, 0) is 6.42 Å². The smallest absolute Gasteiger partial charge is 0.247 e. The van der Waals surface area contributed by atoms with E-state index in [9.17, 15) is 0 Å². The van der Waals surface area contributed by atoms with E-state index in [0.717, 1.165) is 31.3 Å². The number of rotatable bonds is 2. The molecule has 2 aliphatic rings. The van der Waals surface area contributed by atoms with Crippen LogP contribution in [0.25, 0.3) is 0 Å². The van der Waals surface area contributed by atoms with Crippen molar-refractivity contribution in [3.05, 3.63) is 36.0 Å². The van der Waals surface area contributed by atoms with Crippen LogP contribution in [0.2, 0.25) is 0 Å². The van der Waals surface area contributed by atoms with E-state index in [0.29, 0.717) is 6.04 Å². The van der Waals surface area contributed by atoms with E-state index in [1.807, 2.05) is 0 Å². The summed E-state index contributed by atoms with van der Waals surface area (Å²) in [6.45, 7) is 4.32. The van der Waals surface area contributed by atoms with Gasteiger partial charge in [0.25, 0.3) is 0 Å². The van der Waals surface area contributed by atoms with Crippen molar-refractivity contribution in [3.63, 3.8) is 0 Å². The molecule has 0 saturated carbocycles. The Bertz CT molecular complexity index is 679. The summed E-state index contributed by atoms with van der Waals surface area (Å²) >= 11 is 0. The van der Waals surface area contributed by atoms with Gasteiger partial charge in [0.05, 0.1) is 6.20 Å². The molecular formula is C18H23N5. The third kappa shape index (κ3) is 2.76. The first-order valence-electron chi connectivity index (χ1n) is 8.65. The lowest BCUT2D eigenvalue weighted by atomic mass is 10.1. The zero-order valence-electron chi connectivity index (χ0n) is 13.6. The quantitative estimate of drug-likeness (QED) is 0.851. The van der Waals surface area contributed by atoms with E-state index in [2.05, 4.69) is 51.2 Å². The molecule has 0 bridgehead atoms. The van der Waals surface area contributed by atoms with E-state index >= 15 is 0 Å². The second kappa shape index (κ2) is 6.14. The largest absolute Gasteiger partial charge is 0.339 e. The summed E-state index contributed by atoms with van der Waals surface area (Å²) in [7, 11) is 0. The second-order valence-corrected chi connectivity index (χ2v) is 6.57. The highest BCUT2D eigenvalue weighted by molar-refractivity contribution is 5.68. The molecule has 5 heteroatoms. The first-order chi connectivity index (χ1) is 11.3. The third-order valence-corrected chi connectivity index (χ3v) is 4.88. The Labute approximate surface area is 137 Å². The van der Waals surface area contributed by atoms with Crippen LogP contribution < -0.4 is 9.80 Å². The van der Waals surface area contributed by atoms with Crippen LogP contribution in [0.5, 0.6) is 0 Å². The van der Waals surface area contributed by atoms with Gasteiger partial charge in [0.2, 0.25) is 5.95 Å². The number of aromatic nitrogens is 3. The zero-order chi connectivity index (χ0) is 15.6. The van der Waals surface area contributed by atoms with Gasteiger partial charge in [0, 0.05) is 24.8 Å². The van der Waals surface area contributed by atoms with Crippen LogP contribution >= 0.6 is 0 Å². The Morgan fingerprint density at radius 2 is 1.83 bits per heavy atom. The number of para-hydroxylation sites is 1. The molecule has 0 aliphatic carbocycles. The summed E-state index contributed by atoms with van der Waals surface area (Å²) in [5.74, 6) is 1.69. The molecule has 1 unspecified atom stereocenters. The molecular weight excluding hydrogens is 286 g/mol. The van der Waals surface area contributed by atoms with Gasteiger partial charge in [-0.25, -0.2) is 0 Å². The van der Waals surface area contributed by atoms with Crippen molar-refractivity contribution in [1.82, 2.24) is 15.2 Å². The van der Waals surface area contributed by atoms with Crippen LogP contribution in [0.3, 0.4) is 0 Å². The maximum atomic E-state index is 4.85. The monoisotopic (exact) mass is 309 g/mol. The van der Waals surface area contributed by atoms with E-state index in [-0.39, 0.29) is 0 Å². The standard InChI is InChI=1S/C18H23N5/c1-14-12-15-8-4-5-9-16(15)23(14)17-13-19-21-18(20-17)22-10-6-2-3-7-11-22/h4-5,8-9,13-14H,2-3,6-7,10-12H2,1H3. The lowest BCUT2D eigenvalue weighted by Crippen LogP contribution is -2.29. The number of anilines is 3. The molecule has 2 aromatic rings. The highest BCUT2D eigenvalue weighted by atomic mass is 15.4. The predicted octanol–water partition coefficient (Wildman–Crippen LogP) is 3.33. The summed E-state index contributed by atoms with van der Waals surface area (Å²) in [4.78, 5) is 9.43. The Morgan fingerprint density at radius 3 is 2.65 bits per heavy atom. The molecule has 4 rings (SSSR count). The minimum Gasteiger partial charge on any atom is -0.339 e. The first kappa shape index (κ1) is 14.4. The number of benzene rings is 1. The molecule has 5 nitrogen and oxygen atoms in total. The Balaban J connectivity index is 1.66. The minimum atomic E-state index is 0.404. The van der Waals surface area contributed by atoms with Gasteiger partial charge in [-0.1, -0.05) is 31.0 Å². The van der Waals surface area contributed by atoms with Crippen molar-refractivity contribution in [1.29, 1.82) is 0 Å². The molecule has 1 fully saturated rings. The van der Waals surface area contributed by atoms with E-state index in [1.54, 1.807) is 6.20 Å². The fourth-order valence-electron chi connectivity index (χ4n) is 3.72. The SMILES string of the molecule is CC1Cc2ccccc2N1c1cnnc(N2CCCCCC2)n1. The van der Waals surface area contributed by atoms with Gasteiger partial charge >= 0.3 is 0 Å². The molecule has 0 N–H and O–H groups in total. The van der Waals surface area contributed by atoms with Gasteiger partial charge in [-0.2, -0.15) is 10.1 Å². The second-order valence-electron chi connectivity index (χ2n) is 6.57. The van der Waals surface area contributed by atoms with E-state index in [4.69, 9.17) is 4.98 Å². The molecule has 1 aromatic heterocycles. The highest BCUT2D eigenvalue weighted by Crippen LogP contribution is 2.37. The summed E-state index contributed by atoms with van der Waals surface area (Å²) < 4.78 is 0. The van der Waals surface area contributed by atoms with Crippen molar-refractivity contribution in [2.24, 2.45) is 0 Å². The number of hydrogen-bond donors (Lipinski definition) is 0. The molecule has 2 aliphatic heterocycles. The molecule has 1 aromatic carbocycles. The maximum absolute atomic E-state index is 4.85. The number of nitrogens with zero attached hydrogens (tertiary/aromatic N) is 5. The van der Waals surface area contributed by atoms with Gasteiger partial charge in [-0.15, -0.1) is 5.10 Å². The summed E-state index contributed by atoms with van der Waals surface area (Å²) in [5.41, 5.74) is 2.64. The lowest BCUT2D eigenvalue weighted by Gasteiger charge is -2.25. The lowest BCUT2D eigenvalue weighted by molar-refractivity contribution is 0.722. The van der Waals surface area contributed by atoms with Crippen LogP contribution in [-0.4, -0.2) is 34.3 Å². The third-order valence-electron chi connectivity index (χ3n) is 4.88. The minimum absolute atomic E-state index is 0.404. The Morgan fingerprint density at radius 1 is 1.04 bits per heavy atom. The average molecular weight is 309 g/mol. The summed E-state index contributed by atoms with van der Waals surface area (Å²) in [5, 5.41) is 8.54. The van der Waals surface area contributed by atoms with Crippen molar-refractivity contribution in [2.45, 2.75) is 45.1 Å². The topological polar surface area (TPSA) is 45.2 Å². The molecule has 120 valence electrons. The van der Waals surface area contributed by atoms with Gasteiger partial charge in [0.1, 0.15) is 0 Å². The maximum Gasteiger partial charge on any atom is 0.247 e. The Hall–Kier alpha value is -2.17. The van der Waals surface area contributed by atoms with Crippen molar-refractivity contribution in [2.75, 3.05) is 22.9 Å². The molecule has 23 heavy (non-hydrogen) atoms. The van der Waals surface area contributed by atoms with Crippen molar-refractivity contribution >= 4 is 17.5 Å². The average Bonchev–Trinajstić information content (AvgIpc) is 2.75. The van der Waals surface area contributed by atoms with Crippen molar-refractivity contribution in [3.8, 4) is 0 Å². The van der Waals surface area contributed by atoms with Crippen LogP contribution in [0, 0.1) is 0 Å². The Kier molecular flexibility index (Phi) is 3.85. The fraction of sp³-hybridized carbons (Fsp3) is 0.500. The fourth-order valence-corrected chi connectivity index (χ4v) is 3.72. The van der Waals surface area contributed by atoms with Gasteiger partial charge in [-0.3, -0.25) is 0 Å². The van der Waals surface area contributed by atoms with E-state index < -0.39 is 0 Å². The highest BCUT2D eigenvalue weighted by Gasteiger charge is 2.28. The van der Waals surface area contributed by atoms with Crippen LogP contribution in [0.4, 0.5) is 17.5 Å². The molecule has 0 spiro atoms. The van der Waals surface area contributed by atoms with Gasteiger partial charge in [-0.05, 0) is 37.8 Å². The zero-order valence-corrected chi connectivity index (χ0v) is 13.6. The molecule has 3 heterocycles. The van der Waals surface area contributed by atoms with Crippen molar-refractivity contribution < 1.29 is 0 Å². The van der Waals surface area contributed by atoms with Gasteiger partial charge < -0.3 is 9.80 Å². The summed E-state index contributed by atoms with van der Waals surface area (Å²) in [6.07, 6.45) is 7.90. The predicted molar refractivity (Wildman–Crippen MR) is 92.3 cm³/mol. The van der Waals surface area contributed by atoms with Gasteiger partial charge in [0.15, 0.2) is 5.82 Å². The molecule has 1 atom stereocenters. The molecule has 1 saturated heterocycles. The summed E-state index contributed by atoms with van der Waals surface area (Å²) in [6, 6.07) is 8.98. The molecule has 0 amide bonds. The van der Waals surface area contributed by atoms with Crippen LogP contribution in [0.15, 0.2) is 30.5 Å². The number of hydrogen-bond acceptors (Lipinski definition) is 5. The number of fused-ring (bicyclic) bond motifs is 1.